The van der Waals surface area contributed by atoms with Crippen molar-refractivity contribution in [2.75, 3.05) is 11.9 Å². The quantitative estimate of drug-likeness (QED) is 0.845. The van der Waals surface area contributed by atoms with Crippen LogP contribution in [0.1, 0.15) is 18.9 Å². The summed E-state index contributed by atoms with van der Waals surface area (Å²) in [7, 11) is 0. The van der Waals surface area contributed by atoms with E-state index in [4.69, 9.17) is 0 Å². The van der Waals surface area contributed by atoms with Crippen molar-refractivity contribution in [3.63, 3.8) is 0 Å². The van der Waals surface area contributed by atoms with Crippen LogP contribution < -0.4 is 10.9 Å². The number of aryl methyl sites for hydroxylation is 1. The first-order valence-corrected chi connectivity index (χ1v) is 6.78. The second-order valence-electron chi connectivity index (χ2n) is 4.62. The van der Waals surface area contributed by atoms with Crippen LogP contribution in [0.5, 0.6) is 5.75 Å². The third-order valence-corrected chi connectivity index (χ3v) is 3.02. The number of nitrogens with one attached hydrogen (secondary N) is 1. The molecule has 0 radical (unpaired) electrons. The summed E-state index contributed by atoms with van der Waals surface area (Å²) in [5, 5.41) is 12.3. The van der Waals surface area contributed by atoms with E-state index >= 15 is 0 Å². The summed E-state index contributed by atoms with van der Waals surface area (Å²) in [4.78, 5) is 16.1. The van der Waals surface area contributed by atoms with Crippen LogP contribution in [-0.2, 0) is 13.0 Å². The first-order valence-electron chi connectivity index (χ1n) is 6.78. The van der Waals surface area contributed by atoms with Gasteiger partial charge in [-0.2, -0.15) is 0 Å². The molecule has 0 bridgehead atoms. The summed E-state index contributed by atoms with van der Waals surface area (Å²) in [6.45, 7) is 3.36. The average Bonchev–Trinajstić information content (AvgIpc) is 2.45. The molecule has 0 aliphatic heterocycles. The molecule has 2 aromatic rings. The third kappa shape index (κ3) is 3.60. The predicted octanol–water partition coefficient (Wildman–Crippen LogP) is 2.01. The van der Waals surface area contributed by atoms with Crippen LogP contribution >= 0.6 is 0 Å². The van der Waals surface area contributed by atoms with Crippen molar-refractivity contribution in [3.05, 3.63) is 52.6 Å². The van der Waals surface area contributed by atoms with Crippen LogP contribution in [0.15, 0.2) is 41.5 Å². The number of phenols is 1. The molecular weight excluding hydrogens is 254 g/mol. The molecule has 20 heavy (non-hydrogen) atoms. The molecule has 2 N–H and O–H groups in total. The number of anilines is 1. The molecule has 0 saturated heterocycles. The lowest BCUT2D eigenvalue weighted by Gasteiger charge is -2.08. The van der Waals surface area contributed by atoms with Crippen LogP contribution in [0.2, 0.25) is 0 Å². The highest BCUT2D eigenvalue weighted by Crippen LogP contribution is 2.09. The zero-order valence-electron chi connectivity index (χ0n) is 11.5. The number of rotatable bonds is 6. The number of aromatic hydroxyl groups is 1. The second kappa shape index (κ2) is 6.75. The monoisotopic (exact) mass is 273 g/mol. The molecule has 0 fully saturated rings. The lowest BCUT2D eigenvalue weighted by molar-refractivity contribution is 0.475. The van der Waals surface area contributed by atoms with Crippen LogP contribution in [0, 0.1) is 0 Å². The second-order valence-corrected chi connectivity index (χ2v) is 4.62. The van der Waals surface area contributed by atoms with E-state index in [9.17, 15) is 9.90 Å². The highest BCUT2D eigenvalue weighted by molar-refractivity contribution is 5.32. The van der Waals surface area contributed by atoms with Crippen molar-refractivity contribution in [2.45, 2.75) is 26.3 Å². The summed E-state index contributed by atoms with van der Waals surface area (Å²) < 4.78 is 1.66. The smallest absolute Gasteiger partial charge is 0.293 e. The molecule has 2 rings (SSSR count). The fourth-order valence-corrected chi connectivity index (χ4v) is 1.97. The van der Waals surface area contributed by atoms with E-state index in [0.717, 1.165) is 18.4 Å². The minimum Gasteiger partial charge on any atom is -0.508 e. The molecule has 1 aromatic carbocycles. The van der Waals surface area contributed by atoms with Crippen molar-refractivity contribution >= 4 is 5.82 Å². The summed E-state index contributed by atoms with van der Waals surface area (Å²) in [5.41, 5.74) is 1.01. The fourth-order valence-electron chi connectivity index (χ4n) is 1.97. The third-order valence-electron chi connectivity index (χ3n) is 3.02. The normalized spacial score (nSPS) is 10.4. The first-order chi connectivity index (χ1) is 9.70. The molecule has 5 heteroatoms. The molecule has 106 valence electrons. The lowest BCUT2D eigenvalue weighted by Crippen LogP contribution is -2.25. The Balaban J connectivity index is 1.95. The molecule has 1 heterocycles. The molecular formula is C15H19N3O2. The zero-order valence-corrected chi connectivity index (χ0v) is 11.5. The van der Waals surface area contributed by atoms with E-state index in [0.29, 0.717) is 18.9 Å². The summed E-state index contributed by atoms with van der Waals surface area (Å²) >= 11 is 0. The Hall–Kier alpha value is -2.30. The number of benzene rings is 1. The van der Waals surface area contributed by atoms with E-state index in [1.807, 2.05) is 19.1 Å². The van der Waals surface area contributed by atoms with E-state index in [-0.39, 0.29) is 11.3 Å². The van der Waals surface area contributed by atoms with Crippen molar-refractivity contribution in [1.29, 1.82) is 0 Å². The van der Waals surface area contributed by atoms with Gasteiger partial charge in [0, 0.05) is 25.5 Å². The molecule has 0 aliphatic rings. The van der Waals surface area contributed by atoms with Gasteiger partial charge in [0.2, 0.25) is 0 Å². The maximum Gasteiger partial charge on any atom is 0.293 e. The topological polar surface area (TPSA) is 67.2 Å². The standard InChI is InChI=1S/C15H19N3O2/c1-2-10-18-11-9-17-14(15(18)20)16-8-7-12-3-5-13(19)6-4-12/h3-6,9,11,19H,2,7-8,10H2,1H3,(H,16,17). The SMILES string of the molecule is CCCn1ccnc(NCCc2ccc(O)cc2)c1=O. The van der Waals surface area contributed by atoms with Crippen LogP contribution in [0.3, 0.4) is 0 Å². The van der Waals surface area contributed by atoms with Crippen LogP contribution in [-0.4, -0.2) is 21.2 Å². The highest BCUT2D eigenvalue weighted by atomic mass is 16.3. The Kier molecular flexibility index (Phi) is 4.76. The predicted molar refractivity (Wildman–Crippen MR) is 79.1 cm³/mol. The number of hydrogen-bond donors (Lipinski definition) is 2. The Morgan fingerprint density at radius 3 is 2.75 bits per heavy atom. The Labute approximate surface area is 117 Å². The van der Waals surface area contributed by atoms with Gasteiger partial charge in [-0.05, 0) is 30.5 Å². The van der Waals surface area contributed by atoms with Gasteiger partial charge >= 0.3 is 0 Å². The van der Waals surface area contributed by atoms with Gasteiger partial charge in [-0.25, -0.2) is 4.98 Å². The van der Waals surface area contributed by atoms with Gasteiger partial charge in [0.1, 0.15) is 5.75 Å². The molecule has 0 aliphatic carbocycles. The minimum absolute atomic E-state index is 0.0833. The highest BCUT2D eigenvalue weighted by Gasteiger charge is 2.03. The maximum absolute atomic E-state index is 12.1. The minimum atomic E-state index is -0.0833. The molecule has 0 unspecified atom stereocenters. The maximum atomic E-state index is 12.1. The van der Waals surface area contributed by atoms with Gasteiger partial charge in [0.05, 0.1) is 0 Å². The number of phenolic OH excluding ortho intramolecular Hbond substituents is 1. The fraction of sp³-hybridized carbons (Fsp3) is 0.333. The van der Waals surface area contributed by atoms with E-state index in [1.54, 1.807) is 29.1 Å². The zero-order chi connectivity index (χ0) is 14.4. The Morgan fingerprint density at radius 2 is 2.05 bits per heavy atom. The number of aromatic nitrogens is 2. The Bertz CT molecular complexity index is 605. The van der Waals surface area contributed by atoms with Crippen molar-refractivity contribution < 1.29 is 5.11 Å². The molecule has 0 saturated carbocycles. The molecule has 0 spiro atoms. The van der Waals surface area contributed by atoms with Crippen molar-refractivity contribution in [3.8, 4) is 5.75 Å². The van der Waals surface area contributed by atoms with Gasteiger partial charge in [0.25, 0.3) is 5.56 Å². The largest absolute Gasteiger partial charge is 0.508 e. The van der Waals surface area contributed by atoms with Gasteiger partial charge in [-0.3, -0.25) is 4.79 Å². The van der Waals surface area contributed by atoms with Gasteiger partial charge < -0.3 is 15.0 Å². The lowest BCUT2D eigenvalue weighted by atomic mass is 10.1. The summed E-state index contributed by atoms with van der Waals surface area (Å²) in [6, 6.07) is 7.05. The molecule has 5 nitrogen and oxygen atoms in total. The summed E-state index contributed by atoms with van der Waals surface area (Å²) in [5.74, 6) is 0.647. The van der Waals surface area contributed by atoms with E-state index in [1.165, 1.54) is 0 Å². The van der Waals surface area contributed by atoms with Crippen LogP contribution in [0.4, 0.5) is 5.82 Å². The number of hydrogen-bond acceptors (Lipinski definition) is 4. The van der Waals surface area contributed by atoms with E-state index in [2.05, 4.69) is 10.3 Å². The summed E-state index contributed by atoms with van der Waals surface area (Å²) in [6.07, 6.45) is 5.03. The van der Waals surface area contributed by atoms with Crippen LogP contribution in [0.25, 0.3) is 0 Å². The van der Waals surface area contributed by atoms with Gasteiger partial charge in [-0.1, -0.05) is 19.1 Å². The van der Waals surface area contributed by atoms with Crippen molar-refractivity contribution in [1.82, 2.24) is 9.55 Å². The first kappa shape index (κ1) is 14.1. The molecule has 0 atom stereocenters. The van der Waals surface area contributed by atoms with Crippen molar-refractivity contribution in [2.24, 2.45) is 0 Å². The number of nitrogens with zero attached hydrogens (tertiary/aromatic N) is 2. The van der Waals surface area contributed by atoms with Gasteiger partial charge in [0.15, 0.2) is 5.82 Å². The Morgan fingerprint density at radius 1 is 1.30 bits per heavy atom. The molecule has 0 amide bonds. The average molecular weight is 273 g/mol. The van der Waals surface area contributed by atoms with E-state index < -0.39 is 0 Å². The van der Waals surface area contributed by atoms with Gasteiger partial charge in [-0.15, -0.1) is 0 Å². The molecule has 1 aromatic heterocycles.